The smallest absolute Gasteiger partial charge is 0.414 e. The first-order valence-corrected chi connectivity index (χ1v) is 7.68. The lowest BCUT2D eigenvalue weighted by atomic mass is 9.91. The topological polar surface area (TPSA) is 117 Å². The van der Waals surface area contributed by atoms with Crippen LogP contribution >= 0.6 is 0 Å². The number of carbonyl (C=O) groups is 2. The third-order valence-electron chi connectivity index (χ3n) is 4.36. The molecule has 0 spiro atoms. The van der Waals surface area contributed by atoms with Gasteiger partial charge in [-0.05, 0) is 25.9 Å². The Morgan fingerprint density at radius 2 is 1.23 bits per heavy atom. The fraction of sp³-hybridized carbons (Fsp3) is 0.857. The molecule has 0 saturated carbocycles. The minimum Gasteiger partial charge on any atom is -0.473 e. The molecule has 4 heterocycles. The van der Waals surface area contributed by atoms with E-state index in [9.17, 15) is 0 Å². The second-order valence-electron chi connectivity index (χ2n) is 5.86. The molecule has 0 aromatic rings. The number of ether oxygens (including phenoxy) is 2. The molecule has 0 unspecified atom stereocenters. The van der Waals surface area contributed by atoms with Crippen molar-refractivity contribution < 1.29 is 29.3 Å². The van der Waals surface area contributed by atoms with Crippen molar-refractivity contribution in [3.63, 3.8) is 0 Å². The summed E-state index contributed by atoms with van der Waals surface area (Å²) in [6.45, 7) is 6.61. The number of hydrogen-bond donors (Lipinski definition) is 4. The van der Waals surface area contributed by atoms with Crippen molar-refractivity contribution in [1.29, 1.82) is 0 Å². The highest BCUT2D eigenvalue weighted by atomic mass is 16.5. The second-order valence-corrected chi connectivity index (χ2v) is 5.86. The monoisotopic (exact) mass is 316 g/mol. The molecule has 0 aromatic carbocycles. The molecule has 4 N–H and O–H groups in total. The molecule has 4 aliphatic heterocycles. The van der Waals surface area contributed by atoms with Crippen LogP contribution in [0.3, 0.4) is 0 Å². The average Bonchev–Trinajstić information content (AvgIpc) is 2.43. The first-order chi connectivity index (χ1) is 10.6. The molecule has 0 amide bonds. The van der Waals surface area contributed by atoms with Crippen LogP contribution in [0.25, 0.3) is 0 Å². The number of fused-ring (bicyclic) bond motifs is 2. The fourth-order valence-electron chi connectivity index (χ4n) is 2.79. The zero-order valence-corrected chi connectivity index (χ0v) is 12.5. The van der Waals surface area contributed by atoms with Gasteiger partial charge in [0.1, 0.15) is 0 Å². The molecule has 0 radical (unpaired) electrons. The van der Waals surface area contributed by atoms with Gasteiger partial charge >= 0.3 is 11.9 Å². The minimum absolute atomic E-state index is 0.573. The van der Waals surface area contributed by atoms with Crippen LogP contribution < -0.4 is 10.6 Å². The molecule has 0 aliphatic carbocycles. The van der Waals surface area contributed by atoms with E-state index in [-0.39, 0.29) is 0 Å². The second kappa shape index (κ2) is 8.42. The van der Waals surface area contributed by atoms with Gasteiger partial charge in [-0.25, -0.2) is 9.59 Å². The maximum atomic E-state index is 9.10. The number of rotatable bonds is 0. The summed E-state index contributed by atoms with van der Waals surface area (Å²) in [7, 11) is 0. The molecule has 0 aromatic heterocycles. The van der Waals surface area contributed by atoms with E-state index in [1.165, 1.54) is 25.9 Å². The normalized spacial score (nSPS) is 34.7. The Bertz CT molecular complexity index is 332. The molecule has 0 bridgehead atoms. The van der Waals surface area contributed by atoms with E-state index < -0.39 is 11.9 Å². The summed E-state index contributed by atoms with van der Waals surface area (Å²) in [5, 5.41) is 21.4. The predicted molar refractivity (Wildman–Crippen MR) is 76.7 cm³/mol. The SMILES string of the molecule is C1C[C@@H]2CO[C@@H]2CN1.C1C[C@@H]2CO[C@@H]2CN1.O=C(O)C(=O)O. The highest BCUT2D eigenvalue weighted by Gasteiger charge is 2.34. The van der Waals surface area contributed by atoms with Crippen LogP contribution in [0.5, 0.6) is 0 Å². The number of piperidine rings is 2. The van der Waals surface area contributed by atoms with Gasteiger partial charge in [0.05, 0.1) is 25.4 Å². The van der Waals surface area contributed by atoms with Crippen molar-refractivity contribution in [3.8, 4) is 0 Å². The molecule has 22 heavy (non-hydrogen) atoms. The number of hydrogen-bond acceptors (Lipinski definition) is 6. The quantitative estimate of drug-likeness (QED) is 0.427. The van der Waals surface area contributed by atoms with Crippen LogP contribution in [0.2, 0.25) is 0 Å². The first-order valence-electron chi connectivity index (χ1n) is 7.68. The average molecular weight is 316 g/mol. The molecule has 8 nitrogen and oxygen atoms in total. The van der Waals surface area contributed by atoms with Crippen LogP contribution in [0.15, 0.2) is 0 Å². The standard InChI is InChI=1S/2C6H11NO.C2H2O4/c2*1-2-7-3-6-5(1)4-8-6;3-1(4)2(5)6/h2*5-7H,1-4H2;(H,3,4)(H,5,6)/t2*5-,6-;/m11./s1. The van der Waals surface area contributed by atoms with Gasteiger partial charge in [0.25, 0.3) is 0 Å². The summed E-state index contributed by atoms with van der Waals surface area (Å²) >= 11 is 0. The van der Waals surface area contributed by atoms with Gasteiger partial charge in [0, 0.05) is 24.9 Å². The van der Waals surface area contributed by atoms with Gasteiger partial charge in [0.15, 0.2) is 0 Å². The van der Waals surface area contributed by atoms with Crippen molar-refractivity contribution in [2.24, 2.45) is 11.8 Å². The maximum absolute atomic E-state index is 9.10. The summed E-state index contributed by atoms with van der Waals surface area (Å²) in [5.74, 6) is -1.85. The van der Waals surface area contributed by atoms with Crippen molar-refractivity contribution in [3.05, 3.63) is 0 Å². The summed E-state index contributed by atoms with van der Waals surface area (Å²) < 4.78 is 10.5. The van der Waals surface area contributed by atoms with E-state index in [0.29, 0.717) is 12.2 Å². The Hall–Kier alpha value is -1.22. The Kier molecular flexibility index (Phi) is 6.56. The molecular weight excluding hydrogens is 292 g/mol. The van der Waals surface area contributed by atoms with Crippen molar-refractivity contribution in [1.82, 2.24) is 10.6 Å². The van der Waals surface area contributed by atoms with E-state index >= 15 is 0 Å². The Morgan fingerprint density at radius 1 is 0.818 bits per heavy atom. The van der Waals surface area contributed by atoms with Crippen molar-refractivity contribution in [2.45, 2.75) is 25.0 Å². The number of carboxylic acids is 2. The zero-order chi connectivity index (χ0) is 15.9. The zero-order valence-electron chi connectivity index (χ0n) is 12.5. The lowest BCUT2D eigenvalue weighted by molar-refractivity contribution is -0.159. The predicted octanol–water partition coefficient (Wildman–Crippen LogP) is -0.855. The van der Waals surface area contributed by atoms with Crippen LogP contribution in [0.1, 0.15) is 12.8 Å². The maximum Gasteiger partial charge on any atom is 0.414 e. The van der Waals surface area contributed by atoms with Crippen LogP contribution in [0.4, 0.5) is 0 Å². The highest BCUT2D eigenvalue weighted by molar-refractivity contribution is 6.27. The lowest BCUT2D eigenvalue weighted by Crippen LogP contribution is -2.51. The van der Waals surface area contributed by atoms with E-state index in [0.717, 1.165) is 38.1 Å². The van der Waals surface area contributed by atoms with E-state index in [1.54, 1.807) is 0 Å². The summed E-state index contributed by atoms with van der Waals surface area (Å²) in [6.07, 6.45) is 3.79. The third-order valence-corrected chi connectivity index (χ3v) is 4.36. The van der Waals surface area contributed by atoms with E-state index in [2.05, 4.69) is 10.6 Å². The summed E-state index contributed by atoms with van der Waals surface area (Å²) in [4.78, 5) is 18.2. The molecular formula is C14H24N2O6. The lowest BCUT2D eigenvalue weighted by Gasteiger charge is -2.40. The van der Waals surface area contributed by atoms with Crippen LogP contribution in [0, 0.1) is 11.8 Å². The molecule has 4 atom stereocenters. The number of carboxylic acid groups (broad SMARTS) is 2. The molecule has 4 rings (SSSR count). The van der Waals surface area contributed by atoms with Gasteiger partial charge < -0.3 is 30.3 Å². The highest BCUT2D eigenvalue weighted by Crippen LogP contribution is 2.25. The Balaban J connectivity index is 0.000000123. The first kappa shape index (κ1) is 17.1. The van der Waals surface area contributed by atoms with E-state index in [4.69, 9.17) is 29.3 Å². The fourth-order valence-corrected chi connectivity index (χ4v) is 2.79. The largest absolute Gasteiger partial charge is 0.473 e. The van der Waals surface area contributed by atoms with Gasteiger partial charge in [-0.1, -0.05) is 0 Å². The van der Waals surface area contributed by atoms with Gasteiger partial charge in [-0.3, -0.25) is 0 Å². The molecule has 4 aliphatic rings. The number of nitrogens with one attached hydrogen (secondary N) is 2. The summed E-state index contributed by atoms with van der Waals surface area (Å²) in [6, 6.07) is 0. The Labute approximate surface area is 129 Å². The van der Waals surface area contributed by atoms with E-state index in [1.807, 2.05) is 0 Å². The van der Waals surface area contributed by atoms with Gasteiger partial charge in [0.2, 0.25) is 0 Å². The van der Waals surface area contributed by atoms with Crippen LogP contribution in [-0.2, 0) is 19.1 Å². The van der Waals surface area contributed by atoms with Crippen molar-refractivity contribution in [2.75, 3.05) is 39.4 Å². The summed E-state index contributed by atoms with van der Waals surface area (Å²) in [5.41, 5.74) is 0. The Morgan fingerprint density at radius 3 is 1.36 bits per heavy atom. The minimum atomic E-state index is -1.82. The number of aliphatic carboxylic acids is 2. The van der Waals surface area contributed by atoms with Gasteiger partial charge in [-0.2, -0.15) is 0 Å². The van der Waals surface area contributed by atoms with Crippen molar-refractivity contribution >= 4 is 11.9 Å². The molecule has 4 saturated heterocycles. The molecule has 4 fully saturated rings. The third kappa shape index (κ3) is 4.91. The molecule has 126 valence electrons. The van der Waals surface area contributed by atoms with Gasteiger partial charge in [-0.15, -0.1) is 0 Å². The molecule has 8 heteroatoms. The van der Waals surface area contributed by atoms with Crippen LogP contribution in [-0.4, -0.2) is 73.8 Å².